The summed E-state index contributed by atoms with van der Waals surface area (Å²) in [5.74, 6) is -1.19. The zero-order chi connectivity index (χ0) is 22.8. The van der Waals surface area contributed by atoms with Gasteiger partial charge >= 0.3 is 0 Å². The average molecular weight is 457 g/mol. The second kappa shape index (κ2) is 13.0. The molecule has 0 radical (unpaired) electrons. The number of nitrogens with one attached hydrogen (secondary N) is 2. The molecular weight excluding hydrogens is 424 g/mol. The number of rotatable bonds is 12. The minimum atomic E-state index is -1.22. The molecule has 9 heteroatoms. The van der Waals surface area contributed by atoms with Gasteiger partial charge in [0.25, 0.3) is 5.91 Å². The van der Waals surface area contributed by atoms with Gasteiger partial charge in [-0.3, -0.25) is 14.8 Å². The van der Waals surface area contributed by atoms with Gasteiger partial charge in [-0.1, -0.05) is 36.9 Å². The topological polar surface area (TPSA) is 139 Å². The van der Waals surface area contributed by atoms with Gasteiger partial charge in [-0.2, -0.15) is 0 Å². The summed E-state index contributed by atoms with van der Waals surface area (Å²) in [5.41, 5.74) is 2.11. The molecule has 0 aromatic heterocycles. The maximum absolute atomic E-state index is 12.2. The van der Waals surface area contributed by atoms with Crippen LogP contribution in [0, 0.1) is 11.8 Å². The Labute approximate surface area is 187 Å². The molecule has 3 unspecified atom stereocenters. The van der Waals surface area contributed by atoms with Crippen LogP contribution >= 0.6 is 11.6 Å². The van der Waals surface area contributed by atoms with Crippen LogP contribution in [0.3, 0.4) is 0 Å². The fraction of sp³-hybridized carbons (Fsp3) is 0.636. The van der Waals surface area contributed by atoms with Crippen molar-refractivity contribution in [3.63, 3.8) is 0 Å². The summed E-state index contributed by atoms with van der Waals surface area (Å²) < 4.78 is 0. The Balaban J connectivity index is 1.76. The van der Waals surface area contributed by atoms with Crippen molar-refractivity contribution in [1.82, 2.24) is 5.48 Å². The molecule has 6 N–H and O–H groups in total. The largest absolute Gasteiger partial charge is 0.393 e. The van der Waals surface area contributed by atoms with Crippen LogP contribution in [-0.4, -0.2) is 50.7 Å². The van der Waals surface area contributed by atoms with E-state index in [1.165, 1.54) is 0 Å². The fourth-order valence-corrected chi connectivity index (χ4v) is 4.52. The number of hydrogen-bond acceptors (Lipinski definition) is 6. The van der Waals surface area contributed by atoms with E-state index in [1.54, 1.807) is 29.7 Å². The number of carbonyl (C=O) groups excluding carboxylic acids is 2. The molecule has 1 saturated carbocycles. The molecule has 2 amide bonds. The number of hydroxylamine groups is 1. The van der Waals surface area contributed by atoms with Gasteiger partial charge in [0, 0.05) is 17.1 Å². The number of carbonyl (C=O) groups is 2. The molecule has 0 saturated heterocycles. The van der Waals surface area contributed by atoms with Gasteiger partial charge in [-0.15, -0.1) is 0 Å². The SMILES string of the molecule is O=C(CCCCCCC1C(CCC(O)C(=O)Nc2cccc(Cl)c2)[C@H](O)C[C@@H]1O)NO. The third-order valence-electron chi connectivity index (χ3n) is 6.01. The Bertz CT molecular complexity index is 719. The number of aliphatic hydroxyl groups excluding tert-OH is 3. The van der Waals surface area contributed by atoms with Crippen LogP contribution in [0.25, 0.3) is 0 Å². The Hall–Kier alpha value is -1.71. The van der Waals surface area contributed by atoms with Crippen molar-refractivity contribution in [1.29, 1.82) is 0 Å². The molecule has 0 aliphatic heterocycles. The highest BCUT2D eigenvalue weighted by Crippen LogP contribution is 2.39. The van der Waals surface area contributed by atoms with Crippen LogP contribution < -0.4 is 10.8 Å². The summed E-state index contributed by atoms with van der Waals surface area (Å²) in [4.78, 5) is 23.2. The van der Waals surface area contributed by atoms with Crippen LogP contribution in [0.15, 0.2) is 24.3 Å². The van der Waals surface area contributed by atoms with Gasteiger partial charge in [0.15, 0.2) is 0 Å². The normalized spacial score (nSPS) is 24.0. The van der Waals surface area contributed by atoms with E-state index >= 15 is 0 Å². The number of benzene rings is 1. The number of unbranched alkanes of at least 4 members (excludes halogenated alkanes) is 3. The van der Waals surface area contributed by atoms with Crippen LogP contribution in [0.4, 0.5) is 5.69 Å². The van der Waals surface area contributed by atoms with Crippen molar-refractivity contribution in [3.8, 4) is 0 Å². The van der Waals surface area contributed by atoms with Gasteiger partial charge in [0.2, 0.25) is 5.91 Å². The molecule has 174 valence electrons. The van der Waals surface area contributed by atoms with E-state index in [4.69, 9.17) is 16.8 Å². The van der Waals surface area contributed by atoms with Crippen molar-refractivity contribution < 1.29 is 30.1 Å². The first-order chi connectivity index (χ1) is 14.8. The van der Waals surface area contributed by atoms with Crippen molar-refractivity contribution in [3.05, 3.63) is 29.3 Å². The van der Waals surface area contributed by atoms with Crippen LogP contribution in [0.2, 0.25) is 5.02 Å². The van der Waals surface area contributed by atoms with Crippen LogP contribution in [-0.2, 0) is 9.59 Å². The number of aliphatic hydroxyl groups is 3. The fourth-order valence-electron chi connectivity index (χ4n) is 4.33. The van der Waals surface area contributed by atoms with E-state index in [-0.39, 0.29) is 24.7 Å². The molecule has 0 bridgehead atoms. The molecule has 0 spiro atoms. The highest BCUT2D eigenvalue weighted by atomic mass is 35.5. The molecular formula is C22H33ClN2O6. The molecule has 1 aliphatic carbocycles. The summed E-state index contributed by atoms with van der Waals surface area (Å²) in [6.45, 7) is 0. The van der Waals surface area contributed by atoms with E-state index < -0.39 is 30.1 Å². The van der Waals surface area contributed by atoms with Gasteiger partial charge in [-0.25, -0.2) is 5.48 Å². The average Bonchev–Trinajstić information content (AvgIpc) is 3.00. The highest BCUT2D eigenvalue weighted by molar-refractivity contribution is 6.30. The van der Waals surface area contributed by atoms with E-state index in [9.17, 15) is 24.9 Å². The summed E-state index contributed by atoms with van der Waals surface area (Å²) >= 11 is 5.90. The predicted octanol–water partition coefficient (Wildman–Crippen LogP) is 2.62. The minimum absolute atomic E-state index is 0.0843. The molecule has 1 aromatic rings. The molecule has 0 heterocycles. The number of halogens is 1. The van der Waals surface area contributed by atoms with Crippen LogP contribution in [0.5, 0.6) is 0 Å². The molecule has 8 nitrogen and oxygen atoms in total. The molecule has 2 rings (SSSR count). The predicted molar refractivity (Wildman–Crippen MR) is 117 cm³/mol. The Morgan fingerprint density at radius 2 is 1.74 bits per heavy atom. The lowest BCUT2D eigenvalue weighted by molar-refractivity contribution is -0.129. The van der Waals surface area contributed by atoms with Crippen molar-refractivity contribution in [2.75, 3.05) is 5.32 Å². The summed E-state index contributed by atoms with van der Waals surface area (Å²) in [5, 5.41) is 42.5. The first kappa shape index (κ1) is 25.5. The van der Waals surface area contributed by atoms with E-state index in [0.29, 0.717) is 30.0 Å². The lowest BCUT2D eigenvalue weighted by atomic mass is 9.85. The maximum Gasteiger partial charge on any atom is 0.253 e. The number of anilines is 1. The lowest BCUT2D eigenvalue weighted by Gasteiger charge is -2.24. The quantitative estimate of drug-likeness (QED) is 0.162. The summed E-state index contributed by atoms with van der Waals surface area (Å²) in [6, 6.07) is 6.66. The zero-order valence-electron chi connectivity index (χ0n) is 17.5. The van der Waals surface area contributed by atoms with Gasteiger partial charge in [0.05, 0.1) is 12.2 Å². The summed E-state index contributed by atoms with van der Waals surface area (Å²) in [7, 11) is 0. The van der Waals surface area contributed by atoms with Crippen molar-refractivity contribution in [2.24, 2.45) is 11.8 Å². The Kier molecular flexibility index (Phi) is 10.7. The minimum Gasteiger partial charge on any atom is -0.393 e. The van der Waals surface area contributed by atoms with E-state index in [2.05, 4.69) is 5.32 Å². The van der Waals surface area contributed by atoms with Crippen LogP contribution in [0.1, 0.15) is 57.8 Å². The maximum atomic E-state index is 12.2. The van der Waals surface area contributed by atoms with E-state index in [0.717, 1.165) is 25.7 Å². The van der Waals surface area contributed by atoms with Gasteiger partial charge < -0.3 is 20.6 Å². The first-order valence-electron chi connectivity index (χ1n) is 10.9. The highest BCUT2D eigenvalue weighted by Gasteiger charge is 2.41. The smallest absolute Gasteiger partial charge is 0.253 e. The molecule has 1 aromatic carbocycles. The van der Waals surface area contributed by atoms with Crippen molar-refractivity contribution in [2.45, 2.75) is 76.1 Å². The number of hydrogen-bond donors (Lipinski definition) is 6. The first-order valence-corrected chi connectivity index (χ1v) is 11.2. The Morgan fingerprint density at radius 3 is 2.42 bits per heavy atom. The third kappa shape index (κ3) is 8.38. The zero-order valence-corrected chi connectivity index (χ0v) is 18.3. The molecule has 1 fully saturated rings. The summed E-state index contributed by atoms with van der Waals surface area (Å²) in [6.07, 6.45) is 2.72. The standard InChI is InChI=1S/C22H33ClN2O6/c23-14-6-5-7-15(12-14)24-22(30)18(26)11-10-17-16(19(27)13-20(17)28)8-3-1-2-4-9-21(29)25-31/h5-7,12,16-20,26-28,31H,1-4,8-11,13H2,(H,24,30)(H,25,29)/t16?,17?,18?,19-,20+/m0/s1. The number of amides is 2. The molecule has 5 atom stereocenters. The molecule has 1 aliphatic rings. The lowest BCUT2D eigenvalue weighted by Crippen LogP contribution is -2.30. The second-order valence-corrected chi connectivity index (χ2v) is 8.72. The van der Waals surface area contributed by atoms with Gasteiger partial charge in [-0.05, 0) is 62.1 Å². The van der Waals surface area contributed by atoms with Crippen molar-refractivity contribution >= 4 is 29.1 Å². The van der Waals surface area contributed by atoms with Gasteiger partial charge in [0.1, 0.15) is 6.10 Å². The Morgan fingerprint density at radius 1 is 1.06 bits per heavy atom. The van der Waals surface area contributed by atoms with E-state index in [1.807, 2.05) is 0 Å². The second-order valence-electron chi connectivity index (χ2n) is 8.28. The molecule has 31 heavy (non-hydrogen) atoms. The third-order valence-corrected chi connectivity index (χ3v) is 6.24. The monoisotopic (exact) mass is 456 g/mol.